The molecule has 13 heavy (non-hydrogen) atoms. The predicted octanol–water partition coefficient (Wildman–Crippen LogP) is 2.34. The van der Waals surface area contributed by atoms with Crippen molar-refractivity contribution in [3.63, 3.8) is 0 Å². The first kappa shape index (κ1) is 10.3. The Hall–Kier alpha value is -0.770. The molecule has 0 saturated carbocycles. The molecule has 0 fully saturated rings. The molecule has 0 aromatic rings. The van der Waals surface area contributed by atoms with Crippen LogP contribution in [0, 0.1) is 0 Å². The summed E-state index contributed by atoms with van der Waals surface area (Å²) in [6.45, 7) is 3.92. The van der Waals surface area contributed by atoms with Crippen molar-refractivity contribution in [3.8, 4) is 0 Å². The number of thioether (sulfide) groups is 1. The van der Waals surface area contributed by atoms with Crippen molar-refractivity contribution in [3.05, 3.63) is 11.0 Å². The van der Waals surface area contributed by atoms with E-state index >= 15 is 0 Å². The van der Waals surface area contributed by atoms with Gasteiger partial charge in [-0.05, 0) is 24.5 Å². The molecular weight excluding hydrogens is 186 g/mol. The van der Waals surface area contributed by atoms with Crippen molar-refractivity contribution in [2.45, 2.75) is 26.7 Å². The van der Waals surface area contributed by atoms with Crippen LogP contribution in [0.1, 0.15) is 26.7 Å². The molecule has 0 aromatic carbocycles. The number of carbonyl (C=O) groups is 1. The zero-order valence-electron chi connectivity index (χ0n) is 7.87. The van der Waals surface area contributed by atoms with Crippen molar-refractivity contribution in [1.29, 1.82) is 0 Å². The summed E-state index contributed by atoms with van der Waals surface area (Å²) in [6.07, 6.45) is 2.34. The first-order valence-corrected chi connectivity index (χ1v) is 5.38. The average molecular weight is 199 g/mol. The number of oxime groups is 1. The van der Waals surface area contributed by atoms with Crippen molar-refractivity contribution < 1.29 is 9.63 Å². The number of carbonyl (C=O) groups excluding carboxylic acids is 1. The first-order chi connectivity index (χ1) is 6.25. The number of hydrogen-bond donors (Lipinski definition) is 0. The van der Waals surface area contributed by atoms with Gasteiger partial charge >= 0.3 is 5.97 Å². The zero-order valence-corrected chi connectivity index (χ0v) is 8.69. The van der Waals surface area contributed by atoms with E-state index in [2.05, 4.69) is 16.9 Å². The van der Waals surface area contributed by atoms with E-state index in [0.717, 1.165) is 5.75 Å². The van der Waals surface area contributed by atoms with Crippen LogP contribution in [0.5, 0.6) is 0 Å². The maximum absolute atomic E-state index is 11.0. The molecule has 0 amide bonds. The van der Waals surface area contributed by atoms with Gasteiger partial charge in [-0.2, -0.15) is 0 Å². The molecule has 0 saturated heterocycles. The van der Waals surface area contributed by atoms with E-state index in [0.29, 0.717) is 11.3 Å². The van der Waals surface area contributed by atoms with Crippen LogP contribution in [-0.2, 0) is 9.63 Å². The maximum Gasteiger partial charge on any atom is 0.368 e. The van der Waals surface area contributed by atoms with Gasteiger partial charge in [0, 0.05) is 0 Å². The van der Waals surface area contributed by atoms with Gasteiger partial charge in [0.15, 0.2) is 0 Å². The fraction of sp³-hybridized carbons (Fsp3) is 0.556. The third-order valence-electron chi connectivity index (χ3n) is 1.69. The van der Waals surface area contributed by atoms with Gasteiger partial charge in [0.1, 0.15) is 0 Å². The Balaban J connectivity index is 2.41. The molecule has 0 N–H and O–H groups in total. The fourth-order valence-electron chi connectivity index (χ4n) is 0.859. The van der Waals surface area contributed by atoms with Crippen molar-refractivity contribution in [2.75, 3.05) is 5.75 Å². The number of unbranched alkanes of at least 4 members (excludes halogenated alkanes) is 1. The molecule has 4 heteroatoms. The van der Waals surface area contributed by atoms with E-state index in [1.807, 2.05) is 5.41 Å². The van der Waals surface area contributed by atoms with E-state index in [-0.39, 0.29) is 5.97 Å². The molecule has 0 aliphatic carbocycles. The summed E-state index contributed by atoms with van der Waals surface area (Å²) in [6, 6.07) is 0. The van der Waals surface area contributed by atoms with Gasteiger partial charge in [-0.1, -0.05) is 18.5 Å². The quantitative estimate of drug-likeness (QED) is 0.396. The number of hydrogen-bond acceptors (Lipinski definition) is 4. The van der Waals surface area contributed by atoms with Crippen LogP contribution in [0.4, 0.5) is 0 Å². The molecule has 0 radical (unpaired) electrons. The summed E-state index contributed by atoms with van der Waals surface area (Å²) in [5, 5.41) is 5.42. The molecule has 0 aromatic heterocycles. The Morgan fingerprint density at radius 3 is 2.92 bits per heavy atom. The maximum atomic E-state index is 11.0. The van der Waals surface area contributed by atoms with Crippen molar-refractivity contribution >= 4 is 23.4 Å². The minimum Gasteiger partial charge on any atom is -0.312 e. The van der Waals surface area contributed by atoms with Crippen LogP contribution in [0.2, 0.25) is 0 Å². The second-order valence-electron chi connectivity index (χ2n) is 2.81. The summed E-state index contributed by atoms with van der Waals surface area (Å²) in [5.74, 6) is 0.710. The van der Waals surface area contributed by atoms with Crippen LogP contribution in [0.15, 0.2) is 16.1 Å². The minimum absolute atomic E-state index is 0.332. The average Bonchev–Trinajstić information content (AvgIpc) is 2.42. The molecule has 1 rings (SSSR count). The summed E-state index contributed by atoms with van der Waals surface area (Å²) in [5.41, 5.74) is 1.27. The van der Waals surface area contributed by atoms with Crippen LogP contribution in [-0.4, -0.2) is 17.4 Å². The summed E-state index contributed by atoms with van der Waals surface area (Å²) in [4.78, 5) is 15.5. The molecule has 72 valence electrons. The SMILES string of the molecule is CCCCSC=C1C(=O)ON=C1C. The standard InChI is InChI=1S/C9H13NO2S/c1-3-4-5-13-6-8-7(2)10-12-9(8)11/h6H,3-5H2,1-2H3. The third-order valence-corrected chi connectivity index (χ3v) is 2.62. The summed E-state index contributed by atoms with van der Waals surface area (Å²) in [7, 11) is 0. The minimum atomic E-state index is -0.332. The van der Waals surface area contributed by atoms with Gasteiger partial charge in [0.25, 0.3) is 0 Å². The molecule has 1 aliphatic rings. The Labute approximate surface area is 82.2 Å². The largest absolute Gasteiger partial charge is 0.368 e. The van der Waals surface area contributed by atoms with Gasteiger partial charge in [-0.25, -0.2) is 4.79 Å². The molecule has 1 heterocycles. The second kappa shape index (κ2) is 5.07. The zero-order chi connectivity index (χ0) is 9.68. The number of rotatable bonds is 4. The molecule has 3 nitrogen and oxygen atoms in total. The monoisotopic (exact) mass is 199 g/mol. The molecular formula is C9H13NO2S. The van der Waals surface area contributed by atoms with Crippen LogP contribution >= 0.6 is 11.8 Å². The number of nitrogens with zero attached hydrogens (tertiary/aromatic N) is 1. The van der Waals surface area contributed by atoms with Crippen LogP contribution < -0.4 is 0 Å². The summed E-state index contributed by atoms with van der Waals surface area (Å²) < 4.78 is 0. The highest BCUT2D eigenvalue weighted by atomic mass is 32.2. The summed E-state index contributed by atoms with van der Waals surface area (Å²) >= 11 is 1.64. The van der Waals surface area contributed by atoms with E-state index in [1.54, 1.807) is 18.7 Å². The topological polar surface area (TPSA) is 38.7 Å². The smallest absolute Gasteiger partial charge is 0.312 e. The highest BCUT2D eigenvalue weighted by Gasteiger charge is 2.21. The predicted molar refractivity (Wildman–Crippen MR) is 54.7 cm³/mol. The van der Waals surface area contributed by atoms with Gasteiger partial charge in [0.05, 0.1) is 11.3 Å². The Bertz CT molecular complexity index is 258. The van der Waals surface area contributed by atoms with Crippen LogP contribution in [0.3, 0.4) is 0 Å². The van der Waals surface area contributed by atoms with Gasteiger partial charge in [0.2, 0.25) is 0 Å². The first-order valence-electron chi connectivity index (χ1n) is 4.33. The lowest BCUT2D eigenvalue weighted by Gasteiger charge is -1.94. The highest BCUT2D eigenvalue weighted by Crippen LogP contribution is 2.16. The Morgan fingerprint density at radius 1 is 1.62 bits per heavy atom. The fourth-order valence-corrected chi connectivity index (χ4v) is 1.87. The normalized spacial score (nSPS) is 19.1. The van der Waals surface area contributed by atoms with Crippen molar-refractivity contribution in [2.24, 2.45) is 5.16 Å². The lowest BCUT2D eigenvalue weighted by molar-refractivity contribution is -0.136. The third kappa shape index (κ3) is 2.88. The van der Waals surface area contributed by atoms with Gasteiger partial charge < -0.3 is 4.84 Å². The van der Waals surface area contributed by atoms with E-state index in [4.69, 9.17) is 0 Å². The lowest BCUT2D eigenvalue weighted by Crippen LogP contribution is -2.01. The molecule has 0 spiro atoms. The van der Waals surface area contributed by atoms with E-state index < -0.39 is 0 Å². The lowest BCUT2D eigenvalue weighted by atomic mass is 10.2. The molecule has 1 aliphatic heterocycles. The molecule has 0 bridgehead atoms. The van der Waals surface area contributed by atoms with E-state index in [1.165, 1.54) is 12.8 Å². The Morgan fingerprint density at radius 2 is 2.38 bits per heavy atom. The highest BCUT2D eigenvalue weighted by molar-refractivity contribution is 8.02. The molecule has 0 unspecified atom stereocenters. The molecule has 0 atom stereocenters. The van der Waals surface area contributed by atoms with Gasteiger partial charge in [-0.3, -0.25) is 0 Å². The second-order valence-corrected chi connectivity index (χ2v) is 3.79. The Kier molecular flexibility index (Phi) is 4.02. The van der Waals surface area contributed by atoms with Gasteiger partial charge in [-0.15, -0.1) is 11.8 Å². The van der Waals surface area contributed by atoms with E-state index in [9.17, 15) is 4.79 Å². The van der Waals surface area contributed by atoms with Crippen molar-refractivity contribution in [1.82, 2.24) is 0 Å². The van der Waals surface area contributed by atoms with Crippen LogP contribution in [0.25, 0.3) is 0 Å².